The molecule has 1 aromatic carbocycles. The smallest absolute Gasteiger partial charge is 0.256 e. The Bertz CT molecular complexity index is 1190. The predicted octanol–water partition coefficient (Wildman–Crippen LogP) is 3.43. The van der Waals surface area contributed by atoms with Gasteiger partial charge in [0.1, 0.15) is 5.00 Å². The van der Waals surface area contributed by atoms with Crippen molar-refractivity contribution in [1.82, 2.24) is 9.21 Å². The minimum atomic E-state index is -3.61. The predicted molar refractivity (Wildman–Crippen MR) is 134 cm³/mol. The molecule has 2 aliphatic rings. The van der Waals surface area contributed by atoms with Crippen molar-refractivity contribution >= 4 is 38.2 Å². The molecule has 3 heterocycles. The number of piperidine rings is 1. The zero-order chi connectivity index (χ0) is 24.6. The lowest BCUT2D eigenvalue weighted by atomic mass is 10.0. The van der Waals surface area contributed by atoms with Crippen molar-refractivity contribution in [1.29, 1.82) is 0 Å². The van der Waals surface area contributed by atoms with E-state index in [2.05, 4.69) is 24.1 Å². The second kappa shape index (κ2) is 9.77. The molecule has 1 aromatic heterocycles. The molecule has 10 heteroatoms. The third-order valence-corrected chi connectivity index (χ3v) is 9.92. The number of nitrogens with zero attached hydrogens (tertiary/aromatic N) is 2. The van der Waals surface area contributed by atoms with Crippen molar-refractivity contribution in [3.63, 3.8) is 0 Å². The molecule has 4 rings (SSSR count). The summed E-state index contributed by atoms with van der Waals surface area (Å²) in [5.41, 5.74) is 7.29. The zero-order valence-corrected chi connectivity index (χ0v) is 21.5. The standard InChI is InChI=1S/C24H32N4O4S2/c1-15(2)27-13-11-19-20(14-27)33-24(21(19)22(25)29)26-23(30)17-7-9-18(10-8-17)34(31,32)28-12-5-4-6-16(28)3/h7-10,15-16H,4-6,11-14H2,1-3H3,(H2,25,29)(H,26,30)/t16-/m0/s1. The van der Waals surface area contributed by atoms with E-state index in [0.29, 0.717) is 35.1 Å². The number of anilines is 1. The molecule has 0 unspecified atom stereocenters. The number of benzene rings is 1. The first-order chi connectivity index (χ1) is 16.1. The number of rotatable bonds is 6. The number of nitrogens with one attached hydrogen (secondary N) is 1. The first kappa shape index (κ1) is 24.8. The first-order valence-corrected chi connectivity index (χ1v) is 14.0. The van der Waals surface area contributed by atoms with E-state index in [1.54, 1.807) is 4.31 Å². The van der Waals surface area contributed by atoms with Crippen LogP contribution in [0.2, 0.25) is 0 Å². The minimum Gasteiger partial charge on any atom is -0.365 e. The van der Waals surface area contributed by atoms with Crippen LogP contribution in [0.5, 0.6) is 0 Å². The normalized spacial score (nSPS) is 19.7. The molecule has 0 radical (unpaired) electrons. The Labute approximate surface area is 205 Å². The lowest BCUT2D eigenvalue weighted by Crippen LogP contribution is -2.41. The highest BCUT2D eigenvalue weighted by atomic mass is 32.2. The average Bonchev–Trinajstić information content (AvgIpc) is 3.16. The Hall–Kier alpha value is -2.27. The van der Waals surface area contributed by atoms with Gasteiger partial charge < -0.3 is 11.1 Å². The molecule has 2 aromatic rings. The van der Waals surface area contributed by atoms with Gasteiger partial charge >= 0.3 is 0 Å². The van der Waals surface area contributed by atoms with Crippen molar-refractivity contribution in [2.75, 3.05) is 18.4 Å². The average molecular weight is 505 g/mol. The highest BCUT2D eigenvalue weighted by Crippen LogP contribution is 2.37. The van der Waals surface area contributed by atoms with Gasteiger partial charge in [-0.2, -0.15) is 4.31 Å². The van der Waals surface area contributed by atoms with Crippen LogP contribution in [0, 0.1) is 0 Å². The molecule has 0 aliphatic carbocycles. The van der Waals surface area contributed by atoms with Gasteiger partial charge in [-0.25, -0.2) is 8.42 Å². The van der Waals surface area contributed by atoms with Crippen LogP contribution in [0.3, 0.4) is 0 Å². The molecule has 1 saturated heterocycles. The molecule has 2 amide bonds. The highest BCUT2D eigenvalue weighted by molar-refractivity contribution is 7.89. The van der Waals surface area contributed by atoms with E-state index in [0.717, 1.165) is 42.8 Å². The van der Waals surface area contributed by atoms with E-state index >= 15 is 0 Å². The van der Waals surface area contributed by atoms with Crippen molar-refractivity contribution < 1.29 is 18.0 Å². The second-order valence-electron chi connectivity index (χ2n) is 9.33. The van der Waals surface area contributed by atoms with Gasteiger partial charge in [0.05, 0.1) is 10.5 Å². The third kappa shape index (κ3) is 4.77. The van der Waals surface area contributed by atoms with Crippen LogP contribution in [-0.2, 0) is 23.0 Å². The molecule has 0 saturated carbocycles. The molecular weight excluding hydrogens is 472 g/mol. The number of amides is 2. The molecule has 34 heavy (non-hydrogen) atoms. The molecule has 0 bridgehead atoms. The highest BCUT2D eigenvalue weighted by Gasteiger charge is 2.31. The number of hydrogen-bond donors (Lipinski definition) is 2. The summed E-state index contributed by atoms with van der Waals surface area (Å²) in [5, 5.41) is 3.29. The number of carbonyl (C=O) groups is 2. The van der Waals surface area contributed by atoms with Gasteiger partial charge in [0, 0.05) is 42.2 Å². The summed E-state index contributed by atoms with van der Waals surface area (Å²) in [6.45, 7) is 8.25. The fourth-order valence-electron chi connectivity index (χ4n) is 4.73. The molecule has 3 N–H and O–H groups in total. The Morgan fingerprint density at radius 2 is 1.85 bits per heavy atom. The monoisotopic (exact) mass is 504 g/mol. The lowest BCUT2D eigenvalue weighted by molar-refractivity contribution is 0.0999. The van der Waals surface area contributed by atoms with Gasteiger partial charge in [-0.1, -0.05) is 6.42 Å². The van der Waals surface area contributed by atoms with Crippen LogP contribution < -0.4 is 11.1 Å². The SMILES string of the molecule is CC(C)N1CCc2c(sc(NC(=O)c3ccc(S(=O)(=O)N4CCCC[C@@H]4C)cc3)c2C(N)=O)C1. The molecule has 2 aliphatic heterocycles. The van der Waals surface area contributed by atoms with Gasteiger partial charge in [-0.3, -0.25) is 14.5 Å². The summed E-state index contributed by atoms with van der Waals surface area (Å²) in [6, 6.07) is 6.31. The van der Waals surface area contributed by atoms with Crippen LogP contribution >= 0.6 is 11.3 Å². The second-order valence-corrected chi connectivity index (χ2v) is 12.3. The molecule has 0 spiro atoms. The number of carbonyl (C=O) groups excluding carboxylic acids is 2. The summed E-state index contributed by atoms with van der Waals surface area (Å²) < 4.78 is 27.6. The van der Waals surface area contributed by atoms with E-state index in [4.69, 9.17) is 5.73 Å². The van der Waals surface area contributed by atoms with Crippen LogP contribution in [0.4, 0.5) is 5.00 Å². The van der Waals surface area contributed by atoms with Gasteiger partial charge in [-0.05, 0) is 69.9 Å². The first-order valence-electron chi connectivity index (χ1n) is 11.7. The lowest BCUT2D eigenvalue weighted by Gasteiger charge is -2.32. The van der Waals surface area contributed by atoms with Gasteiger partial charge in [0.2, 0.25) is 10.0 Å². The Morgan fingerprint density at radius 3 is 2.47 bits per heavy atom. The fourth-order valence-corrected chi connectivity index (χ4v) is 7.70. The summed E-state index contributed by atoms with van der Waals surface area (Å²) in [7, 11) is -3.61. The number of sulfonamides is 1. The van der Waals surface area contributed by atoms with Gasteiger partial charge in [0.25, 0.3) is 11.8 Å². The molecule has 8 nitrogen and oxygen atoms in total. The number of primary amides is 1. The van der Waals surface area contributed by atoms with Crippen molar-refractivity contribution in [2.24, 2.45) is 5.73 Å². The summed E-state index contributed by atoms with van der Waals surface area (Å²) in [4.78, 5) is 28.7. The summed E-state index contributed by atoms with van der Waals surface area (Å²) in [5.74, 6) is -0.958. The Kier molecular flexibility index (Phi) is 7.14. The fraction of sp³-hybridized carbons (Fsp3) is 0.500. The molecule has 184 valence electrons. The van der Waals surface area contributed by atoms with Crippen molar-refractivity contribution in [3.8, 4) is 0 Å². The molecular formula is C24H32N4O4S2. The summed E-state index contributed by atoms with van der Waals surface area (Å²) >= 11 is 1.38. The minimum absolute atomic E-state index is 0.0366. The van der Waals surface area contributed by atoms with Crippen molar-refractivity contribution in [2.45, 2.75) is 70.0 Å². The zero-order valence-electron chi connectivity index (χ0n) is 19.8. The van der Waals surface area contributed by atoms with E-state index in [-0.39, 0.29) is 10.9 Å². The number of nitrogens with two attached hydrogens (primary N) is 1. The maximum Gasteiger partial charge on any atom is 0.256 e. The maximum absolute atomic E-state index is 13.0. The van der Waals surface area contributed by atoms with Crippen molar-refractivity contribution in [3.05, 3.63) is 45.8 Å². The van der Waals surface area contributed by atoms with Crippen LogP contribution in [-0.4, -0.2) is 54.6 Å². The quantitative estimate of drug-likeness (QED) is 0.626. The molecule has 1 fully saturated rings. The maximum atomic E-state index is 13.0. The Balaban J connectivity index is 1.54. The van der Waals surface area contributed by atoms with Crippen LogP contribution in [0.15, 0.2) is 29.2 Å². The largest absolute Gasteiger partial charge is 0.365 e. The number of thiophene rings is 1. The molecule has 1 atom stereocenters. The van der Waals surface area contributed by atoms with E-state index in [1.165, 1.54) is 35.6 Å². The summed E-state index contributed by atoms with van der Waals surface area (Å²) in [6.07, 6.45) is 3.44. The van der Waals surface area contributed by atoms with Crippen LogP contribution in [0.1, 0.15) is 71.2 Å². The topological polar surface area (TPSA) is 113 Å². The van der Waals surface area contributed by atoms with Crippen LogP contribution in [0.25, 0.3) is 0 Å². The van der Waals surface area contributed by atoms with E-state index in [1.807, 2.05) is 6.92 Å². The van der Waals surface area contributed by atoms with E-state index in [9.17, 15) is 18.0 Å². The number of fused-ring (bicyclic) bond motifs is 1. The number of hydrogen-bond acceptors (Lipinski definition) is 6. The van der Waals surface area contributed by atoms with Gasteiger partial charge in [-0.15, -0.1) is 11.3 Å². The van der Waals surface area contributed by atoms with Gasteiger partial charge in [0.15, 0.2) is 0 Å². The third-order valence-electron chi connectivity index (χ3n) is 6.76. The Morgan fingerprint density at radius 1 is 1.15 bits per heavy atom. The van der Waals surface area contributed by atoms with E-state index < -0.39 is 21.8 Å².